The van der Waals surface area contributed by atoms with E-state index in [1.807, 2.05) is 22.7 Å². The molecule has 106 valence electrons. The molecule has 5 nitrogen and oxygen atoms in total. The summed E-state index contributed by atoms with van der Waals surface area (Å²) in [5, 5.41) is 0. The van der Waals surface area contributed by atoms with Gasteiger partial charge in [0.05, 0.1) is 0 Å². The third-order valence-electron chi connectivity index (χ3n) is 3.96. The molecule has 1 unspecified atom stereocenters. The van der Waals surface area contributed by atoms with Gasteiger partial charge in [0, 0.05) is 51.4 Å². The summed E-state index contributed by atoms with van der Waals surface area (Å²) in [6.45, 7) is 1.77. The molecule has 1 atom stereocenters. The molecule has 5 heteroatoms. The second-order valence-electron chi connectivity index (χ2n) is 5.55. The number of aromatic nitrogens is 2. The van der Waals surface area contributed by atoms with Crippen LogP contribution in [-0.4, -0.2) is 58.5 Å². The van der Waals surface area contributed by atoms with Crippen LogP contribution in [0.2, 0.25) is 0 Å². The topological polar surface area (TPSA) is 41.4 Å². The summed E-state index contributed by atoms with van der Waals surface area (Å²) in [4.78, 5) is 20.7. The Labute approximate surface area is 115 Å². The van der Waals surface area contributed by atoms with Gasteiger partial charge in [0.25, 0.3) is 0 Å². The van der Waals surface area contributed by atoms with E-state index in [2.05, 4.69) is 24.0 Å². The van der Waals surface area contributed by atoms with Crippen molar-refractivity contribution in [2.45, 2.75) is 31.7 Å². The van der Waals surface area contributed by atoms with Crippen LogP contribution in [0.3, 0.4) is 0 Å². The number of carbonyl (C=O) groups is 1. The van der Waals surface area contributed by atoms with Crippen molar-refractivity contribution in [1.29, 1.82) is 0 Å². The zero-order valence-electron chi connectivity index (χ0n) is 12.2. The number of carbonyl (C=O) groups excluding carboxylic acids is 1. The minimum absolute atomic E-state index is 0.259. The number of likely N-dealkylation sites (N-methyl/N-ethyl adjacent to an activating group) is 1. The Morgan fingerprint density at radius 1 is 1.53 bits per heavy atom. The number of hydrogen-bond acceptors (Lipinski definition) is 3. The lowest BCUT2D eigenvalue weighted by Crippen LogP contribution is -2.47. The Kier molecular flexibility index (Phi) is 4.58. The summed E-state index contributed by atoms with van der Waals surface area (Å²) in [6.07, 6.45) is 7.29. The van der Waals surface area contributed by atoms with Crippen LogP contribution < -0.4 is 0 Å². The van der Waals surface area contributed by atoms with Crippen LogP contribution in [0, 0.1) is 0 Å². The fraction of sp³-hybridized carbons (Fsp3) is 0.714. The van der Waals surface area contributed by atoms with Gasteiger partial charge in [0.15, 0.2) is 0 Å². The lowest BCUT2D eigenvalue weighted by atomic mass is 10.0. The summed E-state index contributed by atoms with van der Waals surface area (Å²) in [7, 11) is 6.15. The highest BCUT2D eigenvalue weighted by Crippen LogP contribution is 2.15. The number of hydrogen-bond donors (Lipinski definition) is 0. The predicted octanol–water partition coefficient (Wildman–Crippen LogP) is 0.905. The Balaban J connectivity index is 1.84. The minimum atomic E-state index is 0.259. The van der Waals surface area contributed by atoms with Crippen LogP contribution in [0.1, 0.15) is 25.1 Å². The van der Waals surface area contributed by atoms with E-state index in [1.165, 1.54) is 6.42 Å². The van der Waals surface area contributed by atoms with Gasteiger partial charge < -0.3 is 14.4 Å². The third-order valence-corrected chi connectivity index (χ3v) is 3.96. The van der Waals surface area contributed by atoms with E-state index in [9.17, 15) is 4.79 Å². The number of nitrogens with zero attached hydrogens (tertiary/aromatic N) is 4. The lowest BCUT2D eigenvalue weighted by molar-refractivity contribution is -0.133. The molecule has 0 radical (unpaired) electrons. The Hall–Kier alpha value is -1.36. The first-order chi connectivity index (χ1) is 9.08. The van der Waals surface area contributed by atoms with Crippen LogP contribution in [0.15, 0.2) is 12.4 Å². The van der Waals surface area contributed by atoms with Crippen LogP contribution >= 0.6 is 0 Å². The molecule has 1 amide bonds. The highest BCUT2D eigenvalue weighted by atomic mass is 16.2. The first-order valence-electron chi connectivity index (χ1n) is 6.98. The van der Waals surface area contributed by atoms with Gasteiger partial charge in [-0.05, 0) is 26.9 Å². The van der Waals surface area contributed by atoms with Crippen LogP contribution in [0.25, 0.3) is 0 Å². The first kappa shape index (κ1) is 14.1. The minimum Gasteiger partial charge on any atom is -0.341 e. The molecule has 1 saturated heterocycles. The van der Waals surface area contributed by atoms with Gasteiger partial charge in [0.2, 0.25) is 5.91 Å². The Morgan fingerprint density at radius 3 is 2.95 bits per heavy atom. The molecule has 1 aromatic rings. The van der Waals surface area contributed by atoms with Gasteiger partial charge in [-0.2, -0.15) is 0 Å². The van der Waals surface area contributed by atoms with Crippen LogP contribution in [-0.2, 0) is 18.3 Å². The Morgan fingerprint density at radius 2 is 2.32 bits per heavy atom. The molecule has 1 aliphatic heterocycles. The summed E-state index contributed by atoms with van der Waals surface area (Å²) in [5.74, 6) is 1.24. The lowest BCUT2D eigenvalue weighted by Gasteiger charge is -2.36. The molecule has 0 N–H and O–H groups in total. The number of piperidine rings is 1. The van der Waals surface area contributed by atoms with Crippen molar-refractivity contribution in [2.75, 3.05) is 27.2 Å². The van der Waals surface area contributed by atoms with Gasteiger partial charge in [-0.15, -0.1) is 0 Å². The molecule has 1 aromatic heterocycles. The van der Waals surface area contributed by atoms with E-state index >= 15 is 0 Å². The van der Waals surface area contributed by atoms with E-state index in [1.54, 1.807) is 6.20 Å². The van der Waals surface area contributed by atoms with Gasteiger partial charge in [0.1, 0.15) is 5.82 Å². The SMILES string of the molecule is CN(C)C1CCCN(C(=O)CCc2nccn2C)C1. The summed E-state index contributed by atoms with van der Waals surface area (Å²) in [5.41, 5.74) is 0. The molecule has 1 fully saturated rings. The maximum Gasteiger partial charge on any atom is 0.223 e. The molecule has 0 aliphatic carbocycles. The molecule has 0 spiro atoms. The zero-order chi connectivity index (χ0) is 13.8. The van der Waals surface area contributed by atoms with E-state index in [4.69, 9.17) is 0 Å². The third kappa shape index (κ3) is 3.56. The van der Waals surface area contributed by atoms with E-state index in [0.717, 1.165) is 31.8 Å². The van der Waals surface area contributed by atoms with E-state index < -0.39 is 0 Å². The molecular weight excluding hydrogens is 240 g/mol. The van der Waals surface area contributed by atoms with Crippen molar-refractivity contribution < 1.29 is 4.79 Å². The molecule has 0 saturated carbocycles. The highest BCUT2D eigenvalue weighted by Gasteiger charge is 2.24. The maximum absolute atomic E-state index is 12.2. The normalized spacial score (nSPS) is 20.0. The van der Waals surface area contributed by atoms with Gasteiger partial charge in [-0.25, -0.2) is 4.98 Å². The average Bonchev–Trinajstić information content (AvgIpc) is 2.81. The number of imidazole rings is 1. The van der Waals surface area contributed by atoms with Crippen molar-refractivity contribution in [1.82, 2.24) is 19.4 Å². The molecule has 19 heavy (non-hydrogen) atoms. The van der Waals surface area contributed by atoms with Crippen LogP contribution in [0.5, 0.6) is 0 Å². The highest BCUT2D eigenvalue weighted by molar-refractivity contribution is 5.76. The summed E-state index contributed by atoms with van der Waals surface area (Å²) < 4.78 is 1.98. The van der Waals surface area contributed by atoms with Crippen molar-refractivity contribution in [3.63, 3.8) is 0 Å². The smallest absolute Gasteiger partial charge is 0.223 e. The van der Waals surface area contributed by atoms with Crippen molar-refractivity contribution in [3.05, 3.63) is 18.2 Å². The van der Waals surface area contributed by atoms with Crippen LogP contribution in [0.4, 0.5) is 0 Å². The molecule has 1 aliphatic rings. The molecule has 2 rings (SSSR count). The maximum atomic E-state index is 12.2. The summed E-state index contributed by atoms with van der Waals surface area (Å²) in [6, 6.07) is 0.505. The fourth-order valence-corrected chi connectivity index (χ4v) is 2.62. The molecule has 0 aromatic carbocycles. The first-order valence-corrected chi connectivity index (χ1v) is 6.98. The van der Waals surface area contributed by atoms with E-state index in [0.29, 0.717) is 12.5 Å². The van der Waals surface area contributed by atoms with Crippen molar-refractivity contribution in [2.24, 2.45) is 7.05 Å². The van der Waals surface area contributed by atoms with Gasteiger partial charge in [-0.1, -0.05) is 0 Å². The average molecular weight is 264 g/mol. The largest absolute Gasteiger partial charge is 0.341 e. The molecule has 0 bridgehead atoms. The number of aryl methyl sites for hydroxylation is 2. The molecule has 2 heterocycles. The fourth-order valence-electron chi connectivity index (χ4n) is 2.62. The predicted molar refractivity (Wildman–Crippen MR) is 74.8 cm³/mol. The Bertz CT molecular complexity index is 427. The quantitative estimate of drug-likeness (QED) is 0.811. The molecular formula is C14H24N4O. The van der Waals surface area contributed by atoms with Crippen molar-refractivity contribution in [3.8, 4) is 0 Å². The standard InChI is InChI=1S/C14H24N4O/c1-16(2)12-5-4-9-18(11-12)14(19)7-6-13-15-8-10-17(13)3/h8,10,12H,4-7,9,11H2,1-3H3. The zero-order valence-corrected chi connectivity index (χ0v) is 12.2. The number of likely N-dealkylation sites (tertiary alicyclic amines) is 1. The summed E-state index contributed by atoms with van der Waals surface area (Å²) >= 11 is 0. The second kappa shape index (κ2) is 6.19. The van der Waals surface area contributed by atoms with E-state index in [-0.39, 0.29) is 5.91 Å². The number of amides is 1. The second-order valence-corrected chi connectivity index (χ2v) is 5.55. The number of rotatable bonds is 4. The van der Waals surface area contributed by atoms with Gasteiger partial charge >= 0.3 is 0 Å². The van der Waals surface area contributed by atoms with Gasteiger partial charge in [-0.3, -0.25) is 4.79 Å². The monoisotopic (exact) mass is 264 g/mol. The van der Waals surface area contributed by atoms with Crippen molar-refractivity contribution >= 4 is 5.91 Å².